The molecule has 2 heterocycles. The van der Waals surface area contributed by atoms with Crippen molar-refractivity contribution < 1.29 is 4.42 Å². The Balaban J connectivity index is 2.14. The molecule has 6 nitrogen and oxygen atoms in total. The molecule has 0 fully saturated rings. The molecule has 1 aliphatic rings. The van der Waals surface area contributed by atoms with E-state index in [2.05, 4.69) is 16.0 Å². The van der Waals surface area contributed by atoms with Crippen molar-refractivity contribution in [1.29, 1.82) is 0 Å². The number of allylic oxidation sites excluding steroid dienone is 2. The molecule has 0 amide bonds. The van der Waals surface area contributed by atoms with Crippen molar-refractivity contribution >= 4 is 11.1 Å². The molecule has 0 radical (unpaired) electrons. The van der Waals surface area contributed by atoms with E-state index in [0.717, 1.165) is 19.3 Å². The lowest BCUT2D eigenvalue weighted by Gasteiger charge is -2.14. The Hall–Kier alpha value is -2.37. The minimum atomic E-state index is -0.681. The molecular formula is C13H12N2O4. The molecule has 0 saturated carbocycles. The number of hydrogen-bond donors (Lipinski definition) is 2. The predicted octanol–water partition coefficient (Wildman–Crippen LogP) is 0.822. The van der Waals surface area contributed by atoms with Gasteiger partial charge in [0, 0.05) is 6.07 Å². The van der Waals surface area contributed by atoms with Crippen LogP contribution in [-0.2, 0) is 6.42 Å². The van der Waals surface area contributed by atoms with Crippen molar-refractivity contribution in [3.05, 3.63) is 54.5 Å². The van der Waals surface area contributed by atoms with Crippen molar-refractivity contribution in [2.45, 2.75) is 25.7 Å². The first-order valence-electron chi connectivity index (χ1n) is 6.11. The molecular weight excluding hydrogens is 248 g/mol. The standard InChI is InChI=1S/C13H12N2O4/c16-9-6-8(5-4-7-2-1-3-7)10-11(17)14-13(18)15-12(10)19-9/h2,6H,1,3-5H2,(H2,14,15,17,18). The molecule has 1 aliphatic carbocycles. The van der Waals surface area contributed by atoms with Gasteiger partial charge in [-0.1, -0.05) is 11.6 Å². The van der Waals surface area contributed by atoms with E-state index in [1.165, 1.54) is 11.6 Å². The molecule has 0 bridgehead atoms. The van der Waals surface area contributed by atoms with Crippen LogP contribution in [0.5, 0.6) is 0 Å². The maximum absolute atomic E-state index is 11.8. The molecule has 19 heavy (non-hydrogen) atoms. The van der Waals surface area contributed by atoms with Crippen LogP contribution in [-0.4, -0.2) is 9.97 Å². The lowest BCUT2D eigenvalue weighted by Crippen LogP contribution is -2.24. The van der Waals surface area contributed by atoms with Crippen LogP contribution in [0.2, 0.25) is 0 Å². The molecule has 0 aromatic carbocycles. The maximum Gasteiger partial charge on any atom is 0.337 e. The average molecular weight is 260 g/mol. The van der Waals surface area contributed by atoms with Gasteiger partial charge in [-0.3, -0.25) is 14.8 Å². The van der Waals surface area contributed by atoms with Gasteiger partial charge in [0.25, 0.3) is 5.56 Å². The molecule has 2 aromatic rings. The molecule has 6 heteroatoms. The van der Waals surface area contributed by atoms with Crippen molar-refractivity contribution in [3.63, 3.8) is 0 Å². The van der Waals surface area contributed by atoms with Crippen LogP contribution in [0.15, 0.2) is 36.5 Å². The fourth-order valence-electron chi connectivity index (χ4n) is 2.25. The van der Waals surface area contributed by atoms with Gasteiger partial charge >= 0.3 is 11.3 Å². The summed E-state index contributed by atoms with van der Waals surface area (Å²) in [6.07, 6.45) is 5.73. The SMILES string of the molecule is O=c1[nH]c(=O)c2c(CCC3=CCC3)cc(=O)oc2[nH]1. The Morgan fingerprint density at radius 3 is 2.63 bits per heavy atom. The second-order valence-corrected chi connectivity index (χ2v) is 4.60. The first kappa shape index (κ1) is 11.7. The van der Waals surface area contributed by atoms with E-state index in [-0.39, 0.29) is 11.1 Å². The average Bonchev–Trinajstić information content (AvgIpc) is 2.24. The Morgan fingerprint density at radius 2 is 1.95 bits per heavy atom. The third-order valence-corrected chi connectivity index (χ3v) is 3.34. The second-order valence-electron chi connectivity index (χ2n) is 4.60. The number of fused-ring (bicyclic) bond motifs is 1. The number of hydrogen-bond acceptors (Lipinski definition) is 4. The van der Waals surface area contributed by atoms with E-state index in [0.29, 0.717) is 12.0 Å². The van der Waals surface area contributed by atoms with Gasteiger partial charge in [-0.25, -0.2) is 9.59 Å². The predicted molar refractivity (Wildman–Crippen MR) is 69.4 cm³/mol. The zero-order chi connectivity index (χ0) is 13.4. The van der Waals surface area contributed by atoms with Crippen LogP contribution in [0.1, 0.15) is 24.8 Å². The third kappa shape index (κ3) is 2.16. The number of rotatable bonds is 3. The summed E-state index contributed by atoms with van der Waals surface area (Å²) in [5.41, 5.74) is 0.114. The normalized spacial score (nSPS) is 14.2. The van der Waals surface area contributed by atoms with Crippen molar-refractivity contribution in [1.82, 2.24) is 9.97 Å². The van der Waals surface area contributed by atoms with Crippen LogP contribution in [0.25, 0.3) is 11.1 Å². The van der Waals surface area contributed by atoms with E-state index >= 15 is 0 Å². The largest absolute Gasteiger partial charge is 0.405 e. The summed E-state index contributed by atoms with van der Waals surface area (Å²) in [4.78, 5) is 38.9. The number of nitrogens with one attached hydrogen (secondary N) is 2. The van der Waals surface area contributed by atoms with Crippen LogP contribution < -0.4 is 16.9 Å². The molecule has 0 atom stereocenters. The van der Waals surface area contributed by atoms with E-state index in [9.17, 15) is 14.4 Å². The number of H-pyrrole nitrogens is 2. The summed E-state index contributed by atoms with van der Waals surface area (Å²) in [6.45, 7) is 0. The van der Waals surface area contributed by atoms with Crippen LogP contribution in [0.4, 0.5) is 0 Å². The van der Waals surface area contributed by atoms with Crippen molar-refractivity contribution in [2.24, 2.45) is 0 Å². The van der Waals surface area contributed by atoms with Crippen LogP contribution >= 0.6 is 0 Å². The van der Waals surface area contributed by atoms with E-state index < -0.39 is 16.9 Å². The minimum absolute atomic E-state index is 0.0566. The lowest BCUT2D eigenvalue weighted by molar-refractivity contribution is 0.544. The maximum atomic E-state index is 11.8. The van der Waals surface area contributed by atoms with Gasteiger partial charge in [0.05, 0.1) is 0 Å². The Bertz CT molecular complexity index is 833. The fourth-order valence-corrected chi connectivity index (χ4v) is 2.25. The van der Waals surface area contributed by atoms with E-state index in [4.69, 9.17) is 4.42 Å². The molecule has 0 saturated heterocycles. The third-order valence-electron chi connectivity index (χ3n) is 3.34. The molecule has 0 spiro atoms. The van der Waals surface area contributed by atoms with Gasteiger partial charge in [0.15, 0.2) is 0 Å². The summed E-state index contributed by atoms with van der Waals surface area (Å²) in [6, 6.07) is 1.31. The Kier molecular flexibility index (Phi) is 2.70. The van der Waals surface area contributed by atoms with E-state index in [1.54, 1.807) is 0 Å². The number of aromatic nitrogens is 2. The summed E-state index contributed by atoms with van der Waals surface area (Å²) < 4.78 is 4.87. The summed E-state index contributed by atoms with van der Waals surface area (Å²) in [5.74, 6) is 0. The van der Waals surface area contributed by atoms with Crippen LogP contribution in [0, 0.1) is 0 Å². The van der Waals surface area contributed by atoms with Gasteiger partial charge in [0.1, 0.15) is 5.39 Å². The van der Waals surface area contributed by atoms with Gasteiger partial charge < -0.3 is 4.42 Å². The zero-order valence-corrected chi connectivity index (χ0v) is 10.1. The molecule has 2 N–H and O–H groups in total. The molecule has 98 valence electrons. The second kappa shape index (κ2) is 4.38. The summed E-state index contributed by atoms with van der Waals surface area (Å²) >= 11 is 0. The number of aromatic amines is 2. The highest BCUT2D eigenvalue weighted by Gasteiger charge is 2.12. The quantitative estimate of drug-likeness (QED) is 0.798. The highest BCUT2D eigenvalue weighted by atomic mass is 16.4. The Labute approximate surface area is 106 Å². The highest BCUT2D eigenvalue weighted by molar-refractivity contribution is 5.75. The molecule has 0 aliphatic heterocycles. The fraction of sp³-hybridized carbons (Fsp3) is 0.308. The van der Waals surface area contributed by atoms with Crippen LogP contribution in [0.3, 0.4) is 0 Å². The first-order valence-corrected chi connectivity index (χ1v) is 6.11. The van der Waals surface area contributed by atoms with Gasteiger partial charge in [-0.15, -0.1) is 0 Å². The molecule has 3 rings (SSSR count). The topological polar surface area (TPSA) is 95.9 Å². The first-order chi connectivity index (χ1) is 9.13. The Morgan fingerprint density at radius 1 is 1.16 bits per heavy atom. The van der Waals surface area contributed by atoms with Gasteiger partial charge in [0.2, 0.25) is 5.71 Å². The monoisotopic (exact) mass is 260 g/mol. The summed E-state index contributed by atoms with van der Waals surface area (Å²) in [5, 5.41) is 0.249. The van der Waals surface area contributed by atoms with Crippen molar-refractivity contribution in [3.8, 4) is 0 Å². The smallest absolute Gasteiger partial charge is 0.337 e. The number of aryl methyl sites for hydroxylation is 1. The van der Waals surface area contributed by atoms with E-state index in [1.807, 2.05) is 0 Å². The van der Waals surface area contributed by atoms with Crippen molar-refractivity contribution in [2.75, 3.05) is 0 Å². The minimum Gasteiger partial charge on any atom is -0.405 e. The highest BCUT2D eigenvalue weighted by Crippen LogP contribution is 2.23. The molecule has 2 aromatic heterocycles. The van der Waals surface area contributed by atoms with Gasteiger partial charge in [-0.05, 0) is 31.2 Å². The summed E-state index contributed by atoms with van der Waals surface area (Å²) in [7, 11) is 0. The lowest BCUT2D eigenvalue weighted by atomic mass is 9.92. The van der Waals surface area contributed by atoms with Gasteiger partial charge in [-0.2, -0.15) is 0 Å². The zero-order valence-electron chi connectivity index (χ0n) is 10.1. The molecule has 0 unspecified atom stereocenters.